The summed E-state index contributed by atoms with van der Waals surface area (Å²) in [5, 5.41) is 8.97. The fourth-order valence-corrected chi connectivity index (χ4v) is 2.04. The van der Waals surface area contributed by atoms with E-state index in [0.717, 1.165) is 0 Å². The highest BCUT2D eigenvalue weighted by atomic mass is 79.9. The maximum Gasteiger partial charge on any atom is 0.145 e. The molecule has 0 spiro atoms. The molecule has 18 heavy (non-hydrogen) atoms. The van der Waals surface area contributed by atoms with Crippen molar-refractivity contribution in [1.29, 1.82) is 0 Å². The molecule has 1 aromatic heterocycles. The summed E-state index contributed by atoms with van der Waals surface area (Å²) in [6, 6.07) is 5.78. The quantitative estimate of drug-likeness (QED) is 0.866. The van der Waals surface area contributed by atoms with Crippen molar-refractivity contribution in [2.24, 2.45) is 0 Å². The number of aliphatic hydroxyl groups is 1. The third kappa shape index (κ3) is 2.98. The number of benzene rings is 1. The predicted molar refractivity (Wildman–Crippen MR) is 69.3 cm³/mol. The molecule has 0 atom stereocenters. The first-order chi connectivity index (χ1) is 8.60. The predicted octanol–water partition coefficient (Wildman–Crippen LogP) is 3.92. The number of nitrogens with zero attached hydrogens (tertiary/aromatic N) is 1. The van der Waals surface area contributed by atoms with Crippen LogP contribution in [0.4, 0.5) is 4.39 Å². The van der Waals surface area contributed by atoms with Gasteiger partial charge in [-0.05, 0) is 28.1 Å². The van der Waals surface area contributed by atoms with Crippen LogP contribution in [-0.4, -0.2) is 10.1 Å². The zero-order chi connectivity index (χ0) is 13.1. The van der Waals surface area contributed by atoms with Gasteiger partial charge in [0.1, 0.15) is 17.3 Å². The highest BCUT2D eigenvalue weighted by Crippen LogP contribution is 2.33. The van der Waals surface area contributed by atoms with Gasteiger partial charge in [-0.2, -0.15) is 0 Å². The molecule has 0 saturated carbocycles. The van der Waals surface area contributed by atoms with Crippen LogP contribution >= 0.6 is 27.5 Å². The first-order valence-corrected chi connectivity index (χ1v) is 6.15. The van der Waals surface area contributed by atoms with E-state index in [2.05, 4.69) is 20.9 Å². The number of halogens is 3. The maximum absolute atomic E-state index is 13.3. The van der Waals surface area contributed by atoms with E-state index in [1.807, 2.05) is 0 Å². The lowest BCUT2D eigenvalue weighted by Crippen LogP contribution is -1.92. The third-order valence-electron chi connectivity index (χ3n) is 2.15. The van der Waals surface area contributed by atoms with E-state index in [4.69, 9.17) is 21.4 Å². The van der Waals surface area contributed by atoms with Gasteiger partial charge in [0.15, 0.2) is 0 Å². The average Bonchev–Trinajstić information content (AvgIpc) is 2.36. The Hall–Kier alpha value is -1.17. The van der Waals surface area contributed by atoms with Crippen LogP contribution in [-0.2, 0) is 6.61 Å². The fraction of sp³-hybridized carbons (Fsp3) is 0.0833. The van der Waals surface area contributed by atoms with Gasteiger partial charge in [0.05, 0.1) is 21.8 Å². The molecule has 0 bridgehead atoms. The summed E-state index contributed by atoms with van der Waals surface area (Å²) in [5.41, 5.74) is 0.470. The average molecular weight is 333 g/mol. The zero-order valence-electron chi connectivity index (χ0n) is 9.03. The molecule has 0 radical (unpaired) electrons. The minimum atomic E-state index is -0.564. The van der Waals surface area contributed by atoms with Crippen molar-refractivity contribution in [1.82, 2.24) is 4.98 Å². The lowest BCUT2D eigenvalue weighted by Gasteiger charge is -2.09. The normalized spacial score (nSPS) is 10.4. The van der Waals surface area contributed by atoms with Gasteiger partial charge in [-0.3, -0.25) is 4.98 Å². The van der Waals surface area contributed by atoms with E-state index in [-0.39, 0.29) is 11.6 Å². The summed E-state index contributed by atoms with van der Waals surface area (Å²) < 4.78 is 19.4. The Bertz CT molecular complexity index is 580. The Morgan fingerprint density at radius 2 is 2.17 bits per heavy atom. The summed E-state index contributed by atoms with van der Waals surface area (Å²) >= 11 is 8.87. The molecular weight excluding hydrogens is 324 g/mol. The van der Waals surface area contributed by atoms with E-state index in [1.54, 1.807) is 12.1 Å². The van der Waals surface area contributed by atoms with E-state index in [9.17, 15) is 4.39 Å². The largest absolute Gasteiger partial charge is 0.456 e. The molecule has 1 aromatic carbocycles. The first-order valence-electron chi connectivity index (χ1n) is 4.98. The Morgan fingerprint density at radius 1 is 1.39 bits per heavy atom. The molecule has 0 aliphatic heterocycles. The van der Waals surface area contributed by atoms with Crippen LogP contribution in [0.5, 0.6) is 11.5 Å². The van der Waals surface area contributed by atoms with Crippen LogP contribution in [0.1, 0.15) is 5.69 Å². The van der Waals surface area contributed by atoms with E-state index in [1.165, 1.54) is 18.3 Å². The molecule has 94 valence electrons. The summed E-state index contributed by atoms with van der Waals surface area (Å²) in [6.45, 7) is -0.187. The Kier molecular flexibility index (Phi) is 4.16. The second-order valence-corrected chi connectivity index (χ2v) is 4.70. The highest BCUT2D eigenvalue weighted by molar-refractivity contribution is 9.10. The summed E-state index contributed by atoms with van der Waals surface area (Å²) in [4.78, 5) is 3.92. The smallest absolute Gasteiger partial charge is 0.145 e. The van der Waals surface area contributed by atoms with Crippen molar-refractivity contribution < 1.29 is 14.2 Å². The van der Waals surface area contributed by atoms with Crippen molar-refractivity contribution in [3.63, 3.8) is 0 Å². The van der Waals surface area contributed by atoms with Crippen molar-refractivity contribution in [2.75, 3.05) is 0 Å². The number of aromatic nitrogens is 1. The molecule has 6 heteroatoms. The molecule has 3 nitrogen and oxygen atoms in total. The molecule has 0 saturated heterocycles. The summed E-state index contributed by atoms with van der Waals surface area (Å²) in [5.74, 6) is 0.190. The van der Waals surface area contributed by atoms with E-state index >= 15 is 0 Å². The molecule has 1 heterocycles. The van der Waals surface area contributed by atoms with Crippen LogP contribution in [0, 0.1) is 5.82 Å². The van der Waals surface area contributed by atoms with Gasteiger partial charge in [-0.15, -0.1) is 0 Å². The van der Waals surface area contributed by atoms with Crippen molar-refractivity contribution in [3.8, 4) is 11.5 Å². The van der Waals surface area contributed by atoms with Gasteiger partial charge >= 0.3 is 0 Å². The second kappa shape index (κ2) is 5.65. The van der Waals surface area contributed by atoms with Gasteiger partial charge < -0.3 is 9.84 Å². The fourth-order valence-electron chi connectivity index (χ4n) is 1.32. The summed E-state index contributed by atoms with van der Waals surface area (Å²) in [6.07, 6.45) is 1.50. The van der Waals surface area contributed by atoms with E-state index in [0.29, 0.717) is 21.7 Å². The zero-order valence-corrected chi connectivity index (χ0v) is 11.4. The van der Waals surface area contributed by atoms with Crippen LogP contribution in [0.2, 0.25) is 5.02 Å². The number of aliphatic hydroxyl groups excluding tert-OH is 1. The molecule has 0 aliphatic rings. The van der Waals surface area contributed by atoms with Gasteiger partial charge in [0.2, 0.25) is 0 Å². The number of pyridine rings is 1. The van der Waals surface area contributed by atoms with Crippen LogP contribution in [0.15, 0.2) is 34.9 Å². The maximum atomic E-state index is 13.3. The van der Waals surface area contributed by atoms with Gasteiger partial charge in [-0.25, -0.2) is 4.39 Å². The number of hydrogen-bond donors (Lipinski definition) is 1. The lowest BCUT2D eigenvalue weighted by molar-refractivity contribution is 0.276. The topological polar surface area (TPSA) is 42.4 Å². The first kappa shape index (κ1) is 13.3. The Balaban J connectivity index is 2.30. The van der Waals surface area contributed by atoms with Gasteiger partial charge in [0.25, 0.3) is 0 Å². The molecule has 0 amide bonds. The molecule has 2 rings (SSSR count). The van der Waals surface area contributed by atoms with Crippen molar-refractivity contribution in [3.05, 3.63) is 51.5 Å². The molecule has 0 fully saturated rings. The molecular formula is C12H8BrClFNO2. The Labute approximate surface area is 116 Å². The molecule has 0 aliphatic carbocycles. The molecule has 1 N–H and O–H groups in total. The molecule has 0 unspecified atom stereocenters. The molecule has 2 aromatic rings. The van der Waals surface area contributed by atoms with Crippen LogP contribution in [0.25, 0.3) is 0 Å². The number of rotatable bonds is 3. The summed E-state index contributed by atoms with van der Waals surface area (Å²) in [7, 11) is 0. The highest BCUT2D eigenvalue weighted by Gasteiger charge is 2.09. The van der Waals surface area contributed by atoms with Crippen molar-refractivity contribution >= 4 is 27.5 Å². The van der Waals surface area contributed by atoms with Crippen molar-refractivity contribution in [2.45, 2.75) is 6.61 Å². The minimum absolute atomic E-state index is 0.0139. The van der Waals surface area contributed by atoms with Crippen LogP contribution < -0.4 is 4.74 Å². The van der Waals surface area contributed by atoms with Gasteiger partial charge in [0, 0.05) is 18.3 Å². The minimum Gasteiger partial charge on any atom is -0.456 e. The van der Waals surface area contributed by atoms with E-state index < -0.39 is 5.82 Å². The standard InChI is InChI=1S/C12H8BrClFNO2/c13-9-4-10(14)11(15)5-12(9)18-8-1-2-16-7(3-8)6-17/h1-5,17H,6H2. The Morgan fingerprint density at radius 3 is 2.89 bits per heavy atom. The number of hydrogen-bond acceptors (Lipinski definition) is 3. The van der Waals surface area contributed by atoms with Gasteiger partial charge in [-0.1, -0.05) is 11.6 Å². The monoisotopic (exact) mass is 331 g/mol. The third-order valence-corrected chi connectivity index (χ3v) is 3.06. The van der Waals surface area contributed by atoms with Crippen LogP contribution in [0.3, 0.4) is 0 Å². The number of ether oxygens (including phenoxy) is 1. The SMILES string of the molecule is OCc1cc(Oc2cc(F)c(Cl)cc2Br)ccn1. The second-order valence-electron chi connectivity index (χ2n) is 3.44. The lowest BCUT2D eigenvalue weighted by atomic mass is 10.3.